The minimum Gasteiger partial charge on any atom is -0.459 e. The van der Waals surface area contributed by atoms with Gasteiger partial charge in [-0.05, 0) is 221 Å². The Hall–Kier alpha value is -2.16. The predicted molar refractivity (Wildman–Crippen MR) is 272 cm³/mol. The van der Waals surface area contributed by atoms with Crippen molar-refractivity contribution in [2.75, 3.05) is 39.3 Å². The molecule has 8 saturated carbocycles. The van der Waals surface area contributed by atoms with Gasteiger partial charge in [0, 0.05) is 26.2 Å². The summed E-state index contributed by atoms with van der Waals surface area (Å²) < 4.78 is 12.6. The van der Waals surface area contributed by atoms with Crippen LogP contribution >= 0.6 is 0 Å². The molecule has 0 aliphatic heterocycles. The quantitative estimate of drug-likeness (QED) is 0.0617. The van der Waals surface area contributed by atoms with Crippen LogP contribution in [-0.2, 0) is 9.47 Å². The number of aliphatic hydroxyl groups is 4. The second kappa shape index (κ2) is 20.9. The molecule has 1 aromatic carbocycles. The number of ether oxygens (including phenoxy) is 2. The van der Waals surface area contributed by atoms with E-state index >= 15 is 0 Å². The van der Waals surface area contributed by atoms with Gasteiger partial charge in [0.25, 0.3) is 0 Å². The summed E-state index contributed by atoms with van der Waals surface area (Å²) in [6.07, 6.45) is 11.2. The number of esters is 2. The average Bonchev–Trinajstić information content (AvgIpc) is 3.89. The largest absolute Gasteiger partial charge is 0.459 e. The van der Waals surface area contributed by atoms with E-state index in [1.54, 1.807) is 24.3 Å². The zero-order valence-electron chi connectivity index (χ0n) is 43.8. The van der Waals surface area contributed by atoms with Crippen LogP contribution in [0.3, 0.4) is 0 Å². The number of carbonyl (C=O) groups is 2. The summed E-state index contributed by atoms with van der Waals surface area (Å²) in [4.78, 5) is 28.3. The second-order valence-electron chi connectivity index (χ2n) is 26.0. The monoisotopic (exact) mass is 975 g/mol. The van der Waals surface area contributed by atoms with Gasteiger partial charge in [0.15, 0.2) is 0 Å². The molecular weight excluding hydrogens is 881 g/mol. The lowest BCUT2D eigenvalue weighted by atomic mass is 9.43. The minimum atomic E-state index is -0.518. The molecule has 70 heavy (non-hydrogen) atoms. The van der Waals surface area contributed by atoms with Crippen LogP contribution in [0.1, 0.15) is 165 Å². The number of nitrogens with two attached hydrogens (primary N) is 2. The summed E-state index contributed by atoms with van der Waals surface area (Å²) in [7, 11) is 0. The zero-order chi connectivity index (χ0) is 49.9. The van der Waals surface area contributed by atoms with Crippen LogP contribution in [0.25, 0.3) is 0 Å². The van der Waals surface area contributed by atoms with E-state index in [2.05, 4.69) is 52.2 Å². The van der Waals surface area contributed by atoms with Gasteiger partial charge in [-0.1, -0.05) is 53.7 Å². The van der Waals surface area contributed by atoms with E-state index in [0.29, 0.717) is 88.1 Å². The molecule has 9 rings (SSSR count). The number of hydrogen-bond acceptors (Lipinski definition) is 12. The molecule has 0 heterocycles. The van der Waals surface area contributed by atoms with Crippen LogP contribution in [0, 0.1) is 92.7 Å². The van der Waals surface area contributed by atoms with Crippen LogP contribution in [0.5, 0.6) is 0 Å². The number of benzene rings is 1. The number of nitrogens with one attached hydrogen (secondary N) is 2. The van der Waals surface area contributed by atoms with Crippen LogP contribution in [-0.4, -0.2) is 108 Å². The Morgan fingerprint density at radius 3 is 1.37 bits per heavy atom. The van der Waals surface area contributed by atoms with E-state index in [0.717, 1.165) is 77.5 Å². The molecule has 0 bridgehead atoms. The maximum atomic E-state index is 14.1. The molecule has 22 atom stereocenters. The van der Waals surface area contributed by atoms with Crippen molar-refractivity contribution in [3.05, 3.63) is 35.4 Å². The Bertz CT molecular complexity index is 1850. The Balaban J connectivity index is 0.807. The molecule has 12 heteroatoms. The fraction of sp³-hybridized carbons (Fsp3) is 0.862. The Morgan fingerprint density at radius 1 is 0.586 bits per heavy atom. The second-order valence-corrected chi connectivity index (χ2v) is 26.0. The Morgan fingerprint density at radius 2 is 0.986 bits per heavy atom. The molecule has 0 aromatic heterocycles. The van der Waals surface area contributed by atoms with E-state index in [9.17, 15) is 30.0 Å². The molecule has 10 N–H and O–H groups in total. The maximum absolute atomic E-state index is 14.1. The number of hydrogen-bond donors (Lipinski definition) is 8. The number of aliphatic hydroxyl groups excluding tert-OH is 4. The topological polar surface area (TPSA) is 210 Å². The van der Waals surface area contributed by atoms with E-state index in [4.69, 9.17) is 20.9 Å². The van der Waals surface area contributed by atoms with Crippen molar-refractivity contribution in [3.63, 3.8) is 0 Å². The maximum Gasteiger partial charge on any atom is 0.339 e. The standard InChI is InChI=1S/C58H94N4O8/c1-33(17-23-61-25-21-59)41-11-13-43-51-45(31-49(65)57(41,43)5)55(3)19-15-37(27-35(55)29-47(51)63)69-53(67)39-9-7-8-10-40(39)54(68)70-38-16-20-56(4)36(28-38)30-48(64)52-44-14-12-42(34(2)18-24-62-26-22-60)58(44,6)50(66)32-46(52)56/h7-10,33-38,41-52,61-66H,11-32,59-60H2,1-6H3/t33-,34-,35-,36-,37?,38?,41-,42-,43+,44+,45+,46+,47?,48?,49?,50?,51+,52+,55+,56+,57-,58-/m1/s1. The van der Waals surface area contributed by atoms with Gasteiger partial charge in [0.1, 0.15) is 12.2 Å². The van der Waals surface area contributed by atoms with Gasteiger partial charge in [-0.15, -0.1) is 0 Å². The lowest BCUT2D eigenvalue weighted by Gasteiger charge is -2.63. The fourth-order valence-electron chi connectivity index (χ4n) is 19.2. The molecule has 8 aliphatic rings. The van der Waals surface area contributed by atoms with E-state index in [-0.39, 0.29) is 92.3 Å². The van der Waals surface area contributed by atoms with Crippen LogP contribution in [0.4, 0.5) is 0 Å². The lowest BCUT2D eigenvalue weighted by molar-refractivity contribution is -0.207. The van der Waals surface area contributed by atoms with Gasteiger partial charge in [0.2, 0.25) is 0 Å². The Labute approximate surface area is 420 Å². The molecule has 1 aromatic rings. The normalized spacial score (nSPS) is 46.0. The lowest BCUT2D eigenvalue weighted by Crippen LogP contribution is -2.62. The minimum absolute atomic E-state index is 0.0734. The highest BCUT2D eigenvalue weighted by Crippen LogP contribution is 2.70. The molecule has 8 fully saturated rings. The molecule has 8 aliphatic carbocycles. The van der Waals surface area contributed by atoms with Crippen molar-refractivity contribution in [3.8, 4) is 0 Å². The molecule has 6 unspecified atom stereocenters. The van der Waals surface area contributed by atoms with Gasteiger partial charge < -0.3 is 52.0 Å². The fourth-order valence-corrected chi connectivity index (χ4v) is 19.2. The van der Waals surface area contributed by atoms with Crippen LogP contribution in [0.15, 0.2) is 24.3 Å². The summed E-state index contributed by atoms with van der Waals surface area (Å²) in [6.45, 7) is 18.8. The van der Waals surface area contributed by atoms with Gasteiger partial charge in [-0.2, -0.15) is 0 Å². The molecular formula is C58H94N4O8. The SMILES string of the molecule is C[C@H](CCNCCN)[C@H]1CC[C@H]2[C@@H]3C(O)C[C@H]4CC(OC(=O)c5ccccc5C(=O)OC5CC[C@@]6(C)[C@H](C5)CC(O)[C@@H]5[C@@H]6CC(O)[C@]6(C)[C@@H]([C@H](C)CCNCCN)CC[C@@H]56)CC[C@]4(C)[C@H]3CC(O)[C@]12C. The van der Waals surface area contributed by atoms with Crippen molar-refractivity contribution < 1.29 is 39.5 Å². The highest BCUT2D eigenvalue weighted by Gasteiger charge is 2.68. The first kappa shape index (κ1) is 52.7. The van der Waals surface area contributed by atoms with E-state index in [1.165, 1.54) is 0 Å². The van der Waals surface area contributed by atoms with Crippen molar-refractivity contribution >= 4 is 11.9 Å². The molecule has 0 saturated heterocycles. The third-order valence-corrected chi connectivity index (χ3v) is 23.1. The van der Waals surface area contributed by atoms with Gasteiger partial charge in [-0.3, -0.25) is 0 Å². The zero-order valence-corrected chi connectivity index (χ0v) is 43.8. The molecule has 0 spiro atoms. The highest BCUT2D eigenvalue weighted by molar-refractivity contribution is 6.03. The first-order chi connectivity index (χ1) is 33.4. The van der Waals surface area contributed by atoms with Crippen LogP contribution in [0.2, 0.25) is 0 Å². The highest BCUT2D eigenvalue weighted by atomic mass is 16.6. The molecule has 394 valence electrons. The summed E-state index contributed by atoms with van der Waals surface area (Å²) in [5, 5.41) is 55.3. The van der Waals surface area contributed by atoms with Crippen molar-refractivity contribution in [1.29, 1.82) is 0 Å². The summed E-state index contributed by atoms with van der Waals surface area (Å²) >= 11 is 0. The van der Waals surface area contributed by atoms with Crippen molar-refractivity contribution in [2.24, 2.45) is 104 Å². The number of rotatable bonds is 16. The smallest absolute Gasteiger partial charge is 0.339 e. The number of fused-ring (bicyclic) bond motifs is 10. The first-order valence-electron chi connectivity index (χ1n) is 28.5. The van der Waals surface area contributed by atoms with Gasteiger partial charge >= 0.3 is 11.9 Å². The van der Waals surface area contributed by atoms with Gasteiger partial charge in [0.05, 0.1) is 35.5 Å². The summed E-state index contributed by atoms with van der Waals surface area (Å²) in [5.74, 6) is 2.32. The van der Waals surface area contributed by atoms with E-state index in [1.807, 2.05) is 0 Å². The third-order valence-electron chi connectivity index (χ3n) is 23.1. The van der Waals surface area contributed by atoms with Crippen molar-refractivity contribution in [1.82, 2.24) is 10.6 Å². The van der Waals surface area contributed by atoms with Crippen molar-refractivity contribution in [2.45, 2.75) is 181 Å². The average molecular weight is 975 g/mol. The Kier molecular flexibility index (Phi) is 15.7. The summed E-state index contributed by atoms with van der Waals surface area (Å²) in [5.41, 5.74) is 11.3. The first-order valence-corrected chi connectivity index (χ1v) is 28.5. The molecule has 0 radical (unpaired) electrons. The van der Waals surface area contributed by atoms with Gasteiger partial charge in [-0.25, -0.2) is 9.59 Å². The summed E-state index contributed by atoms with van der Waals surface area (Å²) in [6, 6.07) is 6.86. The third kappa shape index (κ3) is 9.06. The van der Waals surface area contributed by atoms with Crippen LogP contribution < -0.4 is 22.1 Å². The number of carbonyl (C=O) groups excluding carboxylic acids is 2. The molecule has 12 nitrogen and oxygen atoms in total. The molecule has 0 amide bonds. The van der Waals surface area contributed by atoms with E-state index < -0.39 is 36.4 Å². The predicted octanol–water partition coefficient (Wildman–Crippen LogP) is 7.09.